The van der Waals surface area contributed by atoms with E-state index in [4.69, 9.17) is 4.98 Å². The van der Waals surface area contributed by atoms with Crippen LogP contribution in [0.2, 0.25) is 0 Å². The summed E-state index contributed by atoms with van der Waals surface area (Å²) in [5, 5.41) is 10.8. The third-order valence-corrected chi connectivity index (χ3v) is 5.47. The average Bonchev–Trinajstić information content (AvgIpc) is 3.03. The van der Waals surface area contributed by atoms with Gasteiger partial charge in [-0.25, -0.2) is 4.98 Å². The molecule has 7 nitrogen and oxygen atoms in total. The van der Waals surface area contributed by atoms with Crippen LogP contribution in [0, 0.1) is 11.8 Å². The molecule has 2 aromatic heterocycles. The summed E-state index contributed by atoms with van der Waals surface area (Å²) < 4.78 is 0. The van der Waals surface area contributed by atoms with Crippen molar-refractivity contribution < 1.29 is 0 Å². The van der Waals surface area contributed by atoms with Gasteiger partial charge >= 0.3 is 0 Å². The smallest absolute Gasteiger partial charge is 0.227 e. The van der Waals surface area contributed by atoms with Gasteiger partial charge in [-0.2, -0.15) is 10.1 Å². The van der Waals surface area contributed by atoms with Crippen LogP contribution in [0.3, 0.4) is 0 Å². The van der Waals surface area contributed by atoms with E-state index in [1.165, 1.54) is 31.6 Å². The molecule has 7 heteroatoms. The van der Waals surface area contributed by atoms with Crippen molar-refractivity contribution in [3.8, 4) is 0 Å². The van der Waals surface area contributed by atoms with Crippen molar-refractivity contribution >= 4 is 17.6 Å². The summed E-state index contributed by atoms with van der Waals surface area (Å²) in [4.78, 5) is 13.9. The normalized spacial score (nSPS) is 26.8. The van der Waals surface area contributed by atoms with Gasteiger partial charge in [0.25, 0.3) is 0 Å². The minimum atomic E-state index is 0.677. The Balaban J connectivity index is 1.29. The van der Waals surface area contributed by atoms with E-state index in [9.17, 15) is 0 Å². The lowest BCUT2D eigenvalue weighted by Gasteiger charge is -2.19. The number of hydrogen-bond donors (Lipinski definition) is 2. The van der Waals surface area contributed by atoms with Crippen LogP contribution in [0.4, 0.5) is 17.6 Å². The fourth-order valence-electron chi connectivity index (χ4n) is 4.10. The molecule has 3 aliphatic rings. The first-order valence-electron chi connectivity index (χ1n) is 8.83. The molecule has 1 unspecified atom stereocenters. The van der Waals surface area contributed by atoms with Crippen LogP contribution in [-0.2, 0) is 0 Å². The van der Waals surface area contributed by atoms with Crippen molar-refractivity contribution in [2.75, 3.05) is 43.4 Å². The first-order valence-corrected chi connectivity index (χ1v) is 8.83. The molecule has 4 heterocycles. The van der Waals surface area contributed by atoms with Gasteiger partial charge in [0.05, 0.1) is 0 Å². The molecule has 0 amide bonds. The molecule has 3 fully saturated rings. The lowest BCUT2D eigenvalue weighted by Crippen LogP contribution is -2.28. The molecule has 2 atom stereocenters. The molecule has 24 heavy (non-hydrogen) atoms. The van der Waals surface area contributed by atoms with Crippen molar-refractivity contribution in [3.63, 3.8) is 0 Å². The van der Waals surface area contributed by atoms with Gasteiger partial charge in [0, 0.05) is 50.1 Å². The van der Waals surface area contributed by atoms with Crippen LogP contribution in [-0.4, -0.2) is 58.3 Å². The second kappa shape index (κ2) is 5.44. The Kier molecular flexibility index (Phi) is 3.22. The highest BCUT2D eigenvalue weighted by molar-refractivity contribution is 5.54. The summed E-state index contributed by atoms with van der Waals surface area (Å²) >= 11 is 0. The number of hydrogen-bond acceptors (Lipinski definition) is 6. The number of nitrogens with one attached hydrogen (secondary N) is 2. The minimum absolute atomic E-state index is 0.677. The van der Waals surface area contributed by atoms with Gasteiger partial charge in [0.1, 0.15) is 5.82 Å². The number of H-pyrrole nitrogens is 1. The first kappa shape index (κ1) is 14.2. The Hall–Kier alpha value is -2.15. The zero-order valence-corrected chi connectivity index (χ0v) is 13.9. The van der Waals surface area contributed by atoms with Crippen molar-refractivity contribution in [1.29, 1.82) is 0 Å². The first-order chi connectivity index (χ1) is 11.7. The van der Waals surface area contributed by atoms with E-state index in [-0.39, 0.29) is 0 Å². The summed E-state index contributed by atoms with van der Waals surface area (Å²) in [6.07, 6.45) is 4.37. The SMILES string of the molecule is CN1CC2CN(c3nccc(Nc4cc(C5CC5)[nH]n4)n3)C[C@@H]2C1. The van der Waals surface area contributed by atoms with E-state index in [1.54, 1.807) is 0 Å². The zero-order chi connectivity index (χ0) is 16.1. The summed E-state index contributed by atoms with van der Waals surface area (Å²) in [6, 6.07) is 4.00. The van der Waals surface area contributed by atoms with Gasteiger partial charge < -0.3 is 15.1 Å². The molecule has 5 rings (SSSR count). The molecule has 0 spiro atoms. The van der Waals surface area contributed by atoms with E-state index < -0.39 is 0 Å². The molecule has 2 aliphatic heterocycles. The van der Waals surface area contributed by atoms with Crippen molar-refractivity contribution in [2.24, 2.45) is 11.8 Å². The van der Waals surface area contributed by atoms with Gasteiger partial charge in [0.2, 0.25) is 5.95 Å². The summed E-state index contributed by atoms with van der Waals surface area (Å²) in [5.74, 6) is 4.65. The molecule has 2 aromatic rings. The fraction of sp³-hybridized carbons (Fsp3) is 0.588. The second-order valence-electron chi connectivity index (χ2n) is 7.50. The molecular weight excluding hydrogens is 302 g/mol. The van der Waals surface area contributed by atoms with Crippen LogP contribution in [0.15, 0.2) is 18.3 Å². The summed E-state index contributed by atoms with van der Waals surface area (Å²) in [5.41, 5.74) is 1.23. The third kappa shape index (κ3) is 2.62. The summed E-state index contributed by atoms with van der Waals surface area (Å²) in [6.45, 7) is 4.51. The average molecular weight is 325 g/mol. The maximum Gasteiger partial charge on any atom is 0.227 e. The van der Waals surface area contributed by atoms with Crippen molar-refractivity contribution in [1.82, 2.24) is 25.1 Å². The van der Waals surface area contributed by atoms with Gasteiger partial charge in [-0.05, 0) is 37.8 Å². The number of aromatic nitrogens is 4. The van der Waals surface area contributed by atoms with Crippen molar-refractivity contribution in [3.05, 3.63) is 24.0 Å². The van der Waals surface area contributed by atoms with E-state index >= 15 is 0 Å². The molecule has 2 N–H and O–H groups in total. The van der Waals surface area contributed by atoms with E-state index in [0.717, 1.165) is 42.5 Å². The minimum Gasteiger partial charge on any atom is -0.340 e. The van der Waals surface area contributed by atoms with Crippen LogP contribution in [0.1, 0.15) is 24.5 Å². The maximum atomic E-state index is 4.70. The molecule has 0 bridgehead atoms. The predicted molar refractivity (Wildman–Crippen MR) is 92.6 cm³/mol. The Morgan fingerprint density at radius 2 is 1.92 bits per heavy atom. The number of likely N-dealkylation sites (tertiary alicyclic amines) is 1. The summed E-state index contributed by atoms with van der Waals surface area (Å²) in [7, 11) is 2.21. The third-order valence-electron chi connectivity index (χ3n) is 5.47. The largest absolute Gasteiger partial charge is 0.340 e. The second-order valence-corrected chi connectivity index (χ2v) is 7.50. The van der Waals surface area contributed by atoms with Gasteiger partial charge in [-0.15, -0.1) is 0 Å². The Morgan fingerprint density at radius 3 is 2.67 bits per heavy atom. The molecule has 1 aliphatic carbocycles. The molecule has 1 saturated carbocycles. The Morgan fingerprint density at radius 1 is 1.12 bits per heavy atom. The van der Waals surface area contributed by atoms with Gasteiger partial charge in [-0.1, -0.05) is 0 Å². The maximum absolute atomic E-state index is 4.70. The monoisotopic (exact) mass is 325 g/mol. The molecule has 0 aromatic carbocycles. The van der Waals surface area contributed by atoms with Crippen LogP contribution >= 0.6 is 0 Å². The van der Waals surface area contributed by atoms with Crippen LogP contribution in [0.25, 0.3) is 0 Å². The standard InChI is InChI=1S/C17H23N7/c1-23-7-12-9-24(10-13(12)8-23)17-18-5-4-15(20-17)19-16-6-14(21-22-16)11-2-3-11/h4-6,11-13H,2-3,7-10H2,1H3,(H2,18,19,20,21,22)/t12-,13?/m0/s1. The highest BCUT2D eigenvalue weighted by atomic mass is 15.3. The number of anilines is 3. The van der Waals surface area contributed by atoms with E-state index in [0.29, 0.717) is 5.92 Å². The number of rotatable bonds is 4. The lowest BCUT2D eigenvalue weighted by molar-refractivity contribution is 0.386. The zero-order valence-electron chi connectivity index (χ0n) is 13.9. The number of aromatic amines is 1. The molecule has 126 valence electrons. The van der Waals surface area contributed by atoms with E-state index in [2.05, 4.69) is 43.4 Å². The topological polar surface area (TPSA) is 73.0 Å². The van der Waals surface area contributed by atoms with Gasteiger partial charge in [0.15, 0.2) is 5.82 Å². The van der Waals surface area contributed by atoms with Crippen LogP contribution < -0.4 is 10.2 Å². The van der Waals surface area contributed by atoms with E-state index in [1.807, 2.05) is 12.3 Å². The van der Waals surface area contributed by atoms with Gasteiger partial charge in [-0.3, -0.25) is 5.10 Å². The Bertz CT molecular complexity index is 724. The highest BCUT2D eigenvalue weighted by Crippen LogP contribution is 2.39. The quantitative estimate of drug-likeness (QED) is 0.893. The molecule has 0 radical (unpaired) electrons. The number of nitrogens with zero attached hydrogens (tertiary/aromatic N) is 5. The highest BCUT2D eigenvalue weighted by Gasteiger charge is 2.39. The fourth-order valence-corrected chi connectivity index (χ4v) is 4.10. The molecule has 2 saturated heterocycles. The number of fused-ring (bicyclic) bond motifs is 1. The predicted octanol–water partition coefficient (Wildman–Crippen LogP) is 1.82. The Labute approximate surface area is 141 Å². The molecular formula is C17H23N7. The van der Waals surface area contributed by atoms with Crippen molar-refractivity contribution in [2.45, 2.75) is 18.8 Å². The van der Waals surface area contributed by atoms with Crippen LogP contribution in [0.5, 0.6) is 0 Å². The lowest BCUT2D eigenvalue weighted by atomic mass is 10.0.